The predicted octanol–water partition coefficient (Wildman–Crippen LogP) is 4.18. The first-order chi connectivity index (χ1) is 13.9. The largest absolute Gasteiger partial charge is 0.495 e. The molecule has 1 heterocycles. The summed E-state index contributed by atoms with van der Waals surface area (Å²) in [7, 11) is 1.49. The molecule has 8 heteroatoms. The predicted molar refractivity (Wildman–Crippen MR) is 104 cm³/mol. The number of aromatic nitrogens is 1. The number of aryl methyl sites for hydroxylation is 1. The van der Waals surface area contributed by atoms with Crippen molar-refractivity contribution >= 4 is 23.2 Å². The van der Waals surface area contributed by atoms with E-state index in [1.807, 2.05) is 13.0 Å². The van der Waals surface area contributed by atoms with Crippen molar-refractivity contribution < 1.29 is 23.1 Å². The first kappa shape index (κ1) is 19.9. The molecule has 0 aliphatic rings. The molecule has 0 atom stereocenters. The lowest BCUT2D eigenvalue weighted by Gasteiger charge is -2.11. The zero-order valence-corrected chi connectivity index (χ0v) is 15.6. The number of carbonyl (C=O) groups excluding carboxylic acids is 2. The molecule has 3 aromatic rings. The van der Waals surface area contributed by atoms with Crippen LogP contribution in [0.1, 0.15) is 26.5 Å². The monoisotopic (exact) mass is 397 g/mol. The smallest absolute Gasteiger partial charge is 0.274 e. The molecule has 1 aromatic heterocycles. The van der Waals surface area contributed by atoms with Crippen molar-refractivity contribution in [3.8, 4) is 5.75 Å². The molecule has 0 saturated carbocycles. The van der Waals surface area contributed by atoms with Crippen molar-refractivity contribution in [1.82, 2.24) is 4.98 Å². The lowest BCUT2D eigenvalue weighted by atomic mass is 10.2. The van der Waals surface area contributed by atoms with E-state index in [4.69, 9.17) is 4.74 Å². The number of nitrogens with one attached hydrogen (secondary N) is 2. The van der Waals surface area contributed by atoms with Crippen LogP contribution in [0.15, 0.2) is 54.6 Å². The van der Waals surface area contributed by atoms with Gasteiger partial charge in [-0.15, -0.1) is 0 Å². The van der Waals surface area contributed by atoms with E-state index < -0.39 is 23.4 Å². The van der Waals surface area contributed by atoms with Gasteiger partial charge in [0.2, 0.25) is 0 Å². The van der Waals surface area contributed by atoms with Gasteiger partial charge in [0.05, 0.1) is 12.8 Å². The molecule has 0 spiro atoms. The van der Waals surface area contributed by atoms with Gasteiger partial charge < -0.3 is 15.4 Å². The minimum atomic E-state index is -1.09. The summed E-state index contributed by atoms with van der Waals surface area (Å²) in [6, 6.07) is 12.6. The van der Waals surface area contributed by atoms with Gasteiger partial charge in [-0.1, -0.05) is 12.1 Å². The maximum atomic E-state index is 13.3. The molecule has 0 aliphatic carbocycles. The number of hydrogen-bond acceptors (Lipinski definition) is 4. The van der Waals surface area contributed by atoms with Gasteiger partial charge in [0.1, 0.15) is 17.1 Å². The lowest BCUT2D eigenvalue weighted by Crippen LogP contribution is -2.19. The Hall–Kier alpha value is -3.81. The van der Waals surface area contributed by atoms with E-state index in [-0.39, 0.29) is 17.1 Å². The summed E-state index contributed by atoms with van der Waals surface area (Å²) in [5.74, 6) is -2.83. The minimum Gasteiger partial charge on any atom is -0.495 e. The van der Waals surface area contributed by atoms with Gasteiger partial charge >= 0.3 is 0 Å². The average Bonchev–Trinajstić information content (AvgIpc) is 2.71. The van der Waals surface area contributed by atoms with Gasteiger partial charge in [0.15, 0.2) is 11.6 Å². The molecule has 2 N–H and O–H groups in total. The number of carbonyl (C=O) groups is 2. The molecule has 3 rings (SSSR count). The highest BCUT2D eigenvalue weighted by molar-refractivity contribution is 6.06. The van der Waals surface area contributed by atoms with Crippen molar-refractivity contribution in [2.24, 2.45) is 0 Å². The molecule has 0 bridgehead atoms. The van der Waals surface area contributed by atoms with Gasteiger partial charge in [-0.05, 0) is 48.9 Å². The normalized spacial score (nSPS) is 10.3. The van der Waals surface area contributed by atoms with Gasteiger partial charge in [-0.25, -0.2) is 13.8 Å². The molecule has 6 nitrogen and oxygen atoms in total. The molecule has 0 fully saturated rings. The summed E-state index contributed by atoms with van der Waals surface area (Å²) in [6.07, 6.45) is 0. The summed E-state index contributed by atoms with van der Waals surface area (Å²) in [6.45, 7) is 1.87. The Labute approximate surface area is 165 Å². The second-order valence-corrected chi connectivity index (χ2v) is 6.15. The van der Waals surface area contributed by atoms with E-state index in [1.165, 1.54) is 31.4 Å². The fourth-order valence-electron chi connectivity index (χ4n) is 2.56. The maximum Gasteiger partial charge on any atom is 0.274 e. The number of benzene rings is 2. The first-order valence-electron chi connectivity index (χ1n) is 8.57. The van der Waals surface area contributed by atoms with E-state index >= 15 is 0 Å². The molecule has 0 saturated heterocycles. The molecule has 0 radical (unpaired) electrons. The molecule has 2 aromatic carbocycles. The Morgan fingerprint density at radius 2 is 1.59 bits per heavy atom. The fraction of sp³-hybridized carbons (Fsp3) is 0.0952. The number of anilines is 2. The number of methoxy groups -OCH3 is 1. The van der Waals surface area contributed by atoms with Crippen LogP contribution in [0.3, 0.4) is 0 Å². The van der Waals surface area contributed by atoms with Crippen LogP contribution >= 0.6 is 0 Å². The van der Waals surface area contributed by atoms with Crippen LogP contribution in [0.25, 0.3) is 0 Å². The lowest BCUT2D eigenvalue weighted by molar-refractivity contribution is 0.101. The van der Waals surface area contributed by atoms with Crippen LogP contribution in [0.5, 0.6) is 5.75 Å². The third-order valence-electron chi connectivity index (χ3n) is 4.00. The number of rotatable bonds is 5. The quantitative estimate of drug-likeness (QED) is 0.677. The van der Waals surface area contributed by atoms with Crippen molar-refractivity contribution in [1.29, 1.82) is 0 Å². The third kappa shape index (κ3) is 4.73. The Morgan fingerprint density at radius 1 is 0.897 bits per heavy atom. The fourth-order valence-corrected chi connectivity index (χ4v) is 2.56. The van der Waals surface area contributed by atoms with Crippen molar-refractivity contribution in [3.63, 3.8) is 0 Å². The van der Waals surface area contributed by atoms with Crippen LogP contribution in [0.4, 0.5) is 20.2 Å². The van der Waals surface area contributed by atoms with Crippen LogP contribution in [0.2, 0.25) is 0 Å². The summed E-state index contributed by atoms with van der Waals surface area (Å²) in [5, 5.41) is 5.11. The molecule has 2 amide bonds. The van der Waals surface area contributed by atoms with Crippen LogP contribution in [-0.4, -0.2) is 23.9 Å². The zero-order chi connectivity index (χ0) is 21.0. The second kappa shape index (κ2) is 8.47. The van der Waals surface area contributed by atoms with Gasteiger partial charge in [0, 0.05) is 11.8 Å². The van der Waals surface area contributed by atoms with Crippen LogP contribution in [-0.2, 0) is 0 Å². The number of ether oxygens (including phenoxy) is 1. The van der Waals surface area contributed by atoms with Crippen molar-refractivity contribution in [2.45, 2.75) is 6.92 Å². The third-order valence-corrected chi connectivity index (χ3v) is 4.00. The van der Waals surface area contributed by atoms with Gasteiger partial charge in [-0.2, -0.15) is 0 Å². The highest BCUT2D eigenvalue weighted by Gasteiger charge is 2.15. The van der Waals surface area contributed by atoms with Crippen LogP contribution < -0.4 is 15.4 Å². The summed E-state index contributed by atoms with van der Waals surface area (Å²) in [4.78, 5) is 29.0. The summed E-state index contributed by atoms with van der Waals surface area (Å²) < 4.78 is 31.5. The first-order valence-corrected chi connectivity index (χ1v) is 8.57. The van der Waals surface area contributed by atoms with E-state index in [9.17, 15) is 18.4 Å². The minimum absolute atomic E-state index is 0.00601. The average molecular weight is 397 g/mol. The number of amides is 2. The number of halogens is 2. The molecular formula is C21H17F2N3O3. The second-order valence-electron chi connectivity index (χ2n) is 6.15. The highest BCUT2D eigenvalue weighted by Crippen LogP contribution is 2.25. The van der Waals surface area contributed by atoms with Gasteiger partial charge in [-0.3, -0.25) is 9.59 Å². The molecule has 148 valence electrons. The number of nitrogens with zero attached hydrogens (tertiary/aromatic N) is 1. The molecule has 29 heavy (non-hydrogen) atoms. The Balaban J connectivity index is 1.78. The number of pyridine rings is 1. The van der Waals surface area contributed by atoms with E-state index in [0.29, 0.717) is 11.4 Å². The van der Waals surface area contributed by atoms with E-state index in [2.05, 4.69) is 15.6 Å². The van der Waals surface area contributed by atoms with Crippen molar-refractivity contribution in [3.05, 3.63) is 83.2 Å². The standard InChI is InChI=1S/C21H17F2N3O3/c1-12-6-9-19(29-2)18(10-12)26-21(28)17-5-3-4-16(25-17)20(27)24-13-7-8-14(22)15(23)11-13/h3-11H,1-2H3,(H,24,27)(H,26,28). The summed E-state index contributed by atoms with van der Waals surface area (Å²) >= 11 is 0. The van der Waals surface area contributed by atoms with Crippen molar-refractivity contribution in [2.75, 3.05) is 17.7 Å². The van der Waals surface area contributed by atoms with E-state index in [0.717, 1.165) is 17.7 Å². The molecule has 0 aliphatic heterocycles. The Morgan fingerprint density at radius 3 is 2.24 bits per heavy atom. The van der Waals surface area contributed by atoms with Crippen LogP contribution in [0, 0.1) is 18.6 Å². The Kier molecular flexibility index (Phi) is 5.82. The zero-order valence-electron chi connectivity index (χ0n) is 15.6. The maximum absolute atomic E-state index is 13.3. The van der Waals surface area contributed by atoms with Gasteiger partial charge in [0.25, 0.3) is 11.8 Å². The van der Waals surface area contributed by atoms with E-state index in [1.54, 1.807) is 12.1 Å². The summed E-state index contributed by atoms with van der Waals surface area (Å²) in [5.41, 5.74) is 1.41. The number of hydrogen-bond donors (Lipinski definition) is 2. The SMILES string of the molecule is COc1ccc(C)cc1NC(=O)c1cccc(C(=O)Nc2ccc(F)c(F)c2)n1. The Bertz CT molecular complexity index is 1090. The topological polar surface area (TPSA) is 80.3 Å². The molecular weight excluding hydrogens is 380 g/mol. The highest BCUT2D eigenvalue weighted by atomic mass is 19.2. The molecule has 0 unspecified atom stereocenters.